The molecule has 1 heterocycles. The molecular weight excluding hydrogens is 306 g/mol. The maximum Gasteiger partial charge on any atom is 0.323 e. The van der Waals surface area contributed by atoms with E-state index in [1.165, 1.54) is 12.7 Å². The molecule has 2 unspecified atom stereocenters. The highest BCUT2D eigenvalue weighted by Gasteiger charge is 2.35. The average molecular weight is 334 g/mol. The predicted molar refractivity (Wildman–Crippen MR) is 94.5 cm³/mol. The highest BCUT2D eigenvalue weighted by Crippen LogP contribution is 2.30. The second-order valence-corrected chi connectivity index (χ2v) is 11.3. The number of rotatable bonds is 5. The smallest absolute Gasteiger partial charge is 0.323 e. The fraction of sp³-hybridized carbons (Fsp3) is 0.500. The van der Waals surface area contributed by atoms with Crippen LogP contribution in [-0.4, -0.2) is 38.9 Å². The molecule has 0 amide bonds. The average Bonchev–Trinajstić information content (AvgIpc) is 2.52. The van der Waals surface area contributed by atoms with Gasteiger partial charge in [0.25, 0.3) is 0 Å². The molecule has 0 N–H and O–H groups in total. The fourth-order valence-corrected chi connectivity index (χ4v) is 3.86. The van der Waals surface area contributed by atoms with Gasteiger partial charge in [0.15, 0.2) is 0 Å². The van der Waals surface area contributed by atoms with E-state index in [1.807, 2.05) is 18.2 Å². The number of hydrogen-bond acceptors (Lipinski definition) is 4. The Balaban J connectivity index is 2.22. The lowest BCUT2D eigenvalue weighted by Gasteiger charge is -2.38. The van der Waals surface area contributed by atoms with Gasteiger partial charge in [0.1, 0.15) is 6.04 Å². The molecule has 1 aromatic rings. The van der Waals surface area contributed by atoms with Gasteiger partial charge in [-0.3, -0.25) is 9.69 Å². The van der Waals surface area contributed by atoms with Gasteiger partial charge in [-0.15, -0.1) is 0 Å². The zero-order valence-electron chi connectivity index (χ0n) is 14.7. The number of esters is 1. The van der Waals surface area contributed by atoms with E-state index >= 15 is 0 Å². The number of hydrogen-bond donors (Lipinski definition) is 0. The highest BCUT2D eigenvalue weighted by molar-refractivity contribution is 6.70. The Labute approximate surface area is 140 Å². The molecule has 2 rings (SSSR count). The maximum atomic E-state index is 12.3. The van der Waals surface area contributed by atoms with Gasteiger partial charge in [0.05, 0.1) is 12.9 Å². The first-order chi connectivity index (χ1) is 10.8. The molecule has 1 aliphatic heterocycles. The standard InChI is InChI=1S/C18H27NO3Si/c1-14(15-9-7-6-8-10-15)19-12-11-16(22-23(3,4)5)13-17(19)18(20)21-2/h6-11,14,17H,12-13H2,1-5H3. The van der Waals surface area contributed by atoms with Crippen molar-refractivity contribution >= 4 is 14.3 Å². The normalized spacial score (nSPS) is 20.6. The van der Waals surface area contributed by atoms with Crippen molar-refractivity contribution in [3.63, 3.8) is 0 Å². The molecule has 0 bridgehead atoms. The molecule has 0 radical (unpaired) electrons. The van der Waals surface area contributed by atoms with Gasteiger partial charge in [0.2, 0.25) is 8.32 Å². The molecule has 2 atom stereocenters. The summed E-state index contributed by atoms with van der Waals surface area (Å²) >= 11 is 0. The summed E-state index contributed by atoms with van der Waals surface area (Å²) in [6, 6.07) is 10.1. The van der Waals surface area contributed by atoms with Crippen LogP contribution in [-0.2, 0) is 14.0 Å². The lowest BCUT2D eigenvalue weighted by atomic mass is 10.00. The second-order valence-electron chi connectivity index (χ2n) is 6.91. The van der Waals surface area contributed by atoms with Gasteiger partial charge in [0, 0.05) is 19.0 Å². The molecule has 0 saturated carbocycles. The van der Waals surface area contributed by atoms with Crippen LogP contribution in [0.25, 0.3) is 0 Å². The minimum atomic E-state index is -1.67. The molecule has 0 saturated heterocycles. The van der Waals surface area contributed by atoms with Gasteiger partial charge in [-0.05, 0) is 38.2 Å². The van der Waals surface area contributed by atoms with Crippen molar-refractivity contribution in [2.75, 3.05) is 13.7 Å². The van der Waals surface area contributed by atoms with Crippen molar-refractivity contribution < 1.29 is 14.0 Å². The number of carbonyl (C=O) groups is 1. The molecule has 0 fully saturated rings. The summed E-state index contributed by atoms with van der Waals surface area (Å²) in [5.74, 6) is 0.730. The van der Waals surface area contributed by atoms with Crippen molar-refractivity contribution in [3.05, 3.63) is 47.7 Å². The zero-order chi connectivity index (χ0) is 17.0. The Morgan fingerprint density at radius 3 is 2.48 bits per heavy atom. The minimum Gasteiger partial charge on any atom is -0.547 e. The van der Waals surface area contributed by atoms with E-state index in [4.69, 9.17) is 9.16 Å². The van der Waals surface area contributed by atoms with E-state index < -0.39 is 8.32 Å². The molecule has 1 aromatic carbocycles. The molecule has 1 aliphatic rings. The summed E-state index contributed by atoms with van der Waals surface area (Å²) in [4.78, 5) is 14.5. The van der Waals surface area contributed by atoms with E-state index in [1.54, 1.807) is 0 Å². The van der Waals surface area contributed by atoms with E-state index in [0.717, 1.165) is 5.76 Å². The van der Waals surface area contributed by atoms with Gasteiger partial charge in [-0.25, -0.2) is 0 Å². The lowest BCUT2D eigenvalue weighted by molar-refractivity contribution is -0.148. The molecule has 0 spiro atoms. The van der Waals surface area contributed by atoms with Gasteiger partial charge in [-0.1, -0.05) is 30.3 Å². The Morgan fingerprint density at radius 2 is 1.91 bits per heavy atom. The molecule has 0 aliphatic carbocycles. The van der Waals surface area contributed by atoms with E-state index in [0.29, 0.717) is 13.0 Å². The van der Waals surface area contributed by atoms with Crippen molar-refractivity contribution in [3.8, 4) is 0 Å². The fourth-order valence-electron chi connectivity index (χ4n) is 2.91. The lowest BCUT2D eigenvalue weighted by Crippen LogP contribution is -2.46. The molecule has 23 heavy (non-hydrogen) atoms. The first kappa shape index (κ1) is 17.8. The summed E-state index contributed by atoms with van der Waals surface area (Å²) in [7, 11) is -0.222. The van der Waals surface area contributed by atoms with Crippen molar-refractivity contribution in [1.82, 2.24) is 4.90 Å². The van der Waals surface area contributed by atoms with Crippen LogP contribution in [0.3, 0.4) is 0 Å². The minimum absolute atomic E-state index is 0.144. The first-order valence-electron chi connectivity index (χ1n) is 8.08. The van der Waals surface area contributed by atoms with Crippen LogP contribution in [0.4, 0.5) is 0 Å². The van der Waals surface area contributed by atoms with E-state index in [2.05, 4.69) is 49.7 Å². The third-order valence-corrected chi connectivity index (χ3v) is 4.89. The number of carbonyl (C=O) groups excluding carboxylic acids is 1. The maximum absolute atomic E-state index is 12.3. The van der Waals surface area contributed by atoms with Crippen LogP contribution in [0.5, 0.6) is 0 Å². The largest absolute Gasteiger partial charge is 0.547 e. The molecule has 0 aromatic heterocycles. The van der Waals surface area contributed by atoms with Gasteiger partial charge < -0.3 is 9.16 Å². The highest BCUT2D eigenvalue weighted by atomic mass is 28.4. The van der Waals surface area contributed by atoms with Gasteiger partial charge >= 0.3 is 5.97 Å². The van der Waals surface area contributed by atoms with Crippen molar-refractivity contribution in [2.45, 2.75) is 45.1 Å². The van der Waals surface area contributed by atoms with Crippen LogP contribution in [0, 0.1) is 0 Å². The Morgan fingerprint density at radius 1 is 1.26 bits per heavy atom. The summed E-state index contributed by atoms with van der Waals surface area (Å²) in [6.45, 7) is 9.28. The zero-order valence-corrected chi connectivity index (χ0v) is 15.7. The monoisotopic (exact) mass is 333 g/mol. The third kappa shape index (κ3) is 4.69. The van der Waals surface area contributed by atoms with Gasteiger partial charge in [-0.2, -0.15) is 0 Å². The van der Waals surface area contributed by atoms with Crippen LogP contribution in [0.15, 0.2) is 42.2 Å². The number of nitrogens with zero attached hydrogens (tertiary/aromatic N) is 1. The Hall–Kier alpha value is -1.59. The van der Waals surface area contributed by atoms with Crippen LogP contribution >= 0.6 is 0 Å². The molecule has 4 nitrogen and oxygen atoms in total. The molecular formula is C18H27NO3Si. The van der Waals surface area contributed by atoms with Crippen molar-refractivity contribution in [2.24, 2.45) is 0 Å². The van der Waals surface area contributed by atoms with E-state index in [9.17, 15) is 4.79 Å². The Bertz CT molecular complexity index is 565. The second kappa shape index (κ2) is 7.32. The summed E-state index contributed by atoms with van der Waals surface area (Å²) in [5, 5.41) is 0. The summed E-state index contributed by atoms with van der Waals surface area (Å²) in [5.41, 5.74) is 1.20. The Kier molecular flexibility index (Phi) is 5.65. The number of methoxy groups -OCH3 is 1. The quantitative estimate of drug-likeness (QED) is 0.608. The number of benzene rings is 1. The SMILES string of the molecule is COC(=O)C1CC(O[Si](C)(C)C)=CCN1C(C)c1ccccc1. The summed E-state index contributed by atoms with van der Waals surface area (Å²) in [6.07, 6.45) is 2.69. The van der Waals surface area contributed by atoms with E-state index in [-0.39, 0.29) is 18.1 Å². The first-order valence-corrected chi connectivity index (χ1v) is 11.5. The van der Waals surface area contributed by atoms with Crippen LogP contribution < -0.4 is 0 Å². The van der Waals surface area contributed by atoms with Crippen molar-refractivity contribution in [1.29, 1.82) is 0 Å². The predicted octanol–water partition coefficient (Wildman–Crippen LogP) is 3.73. The number of ether oxygens (including phenoxy) is 1. The van der Waals surface area contributed by atoms with Crippen LogP contribution in [0.1, 0.15) is 24.9 Å². The molecule has 126 valence electrons. The summed E-state index contributed by atoms with van der Waals surface area (Å²) < 4.78 is 11.1. The van der Waals surface area contributed by atoms with Crippen LogP contribution in [0.2, 0.25) is 19.6 Å². The molecule has 5 heteroatoms. The third-order valence-electron chi connectivity index (χ3n) is 4.01. The topological polar surface area (TPSA) is 38.8 Å².